The standard InChI is InChI=1S/C13H19NO2/c1-4-11-10-8-13(16-3)12(15)7-9(10)5-6-14(11)2/h7-8,11,15H,4-6H2,1-3H3/p+1/t11-/m1/s1. The van der Waals surface area contributed by atoms with E-state index in [1.165, 1.54) is 11.1 Å². The molecule has 0 amide bonds. The molecule has 3 nitrogen and oxygen atoms in total. The van der Waals surface area contributed by atoms with Gasteiger partial charge in [-0.2, -0.15) is 0 Å². The number of phenols is 1. The number of hydrogen-bond donors (Lipinski definition) is 2. The fraction of sp³-hybridized carbons (Fsp3) is 0.538. The van der Waals surface area contributed by atoms with Gasteiger partial charge in [-0.05, 0) is 17.7 Å². The van der Waals surface area contributed by atoms with Crippen molar-refractivity contribution in [3.05, 3.63) is 23.3 Å². The minimum atomic E-state index is 0.260. The van der Waals surface area contributed by atoms with Crippen LogP contribution in [-0.2, 0) is 6.42 Å². The van der Waals surface area contributed by atoms with E-state index >= 15 is 0 Å². The molecule has 1 unspecified atom stereocenters. The average Bonchev–Trinajstić information content (AvgIpc) is 2.28. The zero-order chi connectivity index (χ0) is 11.7. The van der Waals surface area contributed by atoms with Gasteiger partial charge in [0.05, 0.1) is 20.7 Å². The average molecular weight is 222 g/mol. The topological polar surface area (TPSA) is 33.9 Å². The van der Waals surface area contributed by atoms with E-state index in [1.807, 2.05) is 12.1 Å². The first-order valence-corrected chi connectivity index (χ1v) is 5.89. The summed E-state index contributed by atoms with van der Waals surface area (Å²) in [5.41, 5.74) is 2.61. The van der Waals surface area contributed by atoms with E-state index in [0.717, 1.165) is 19.4 Å². The Balaban J connectivity index is 2.48. The summed E-state index contributed by atoms with van der Waals surface area (Å²) in [5, 5.41) is 9.76. The van der Waals surface area contributed by atoms with Crippen LogP contribution in [0.4, 0.5) is 0 Å². The van der Waals surface area contributed by atoms with Crippen LogP contribution in [-0.4, -0.2) is 25.8 Å². The lowest BCUT2D eigenvalue weighted by atomic mass is 9.91. The molecule has 1 aromatic rings. The summed E-state index contributed by atoms with van der Waals surface area (Å²) in [5.74, 6) is 0.850. The van der Waals surface area contributed by atoms with Crippen LogP contribution in [0.15, 0.2) is 12.1 Å². The SMILES string of the molecule is CC[C@@H]1c2cc(OC)c(O)cc2CC[NH+]1C. The van der Waals surface area contributed by atoms with Crippen molar-refractivity contribution in [2.24, 2.45) is 0 Å². The van der Waals surface area contributed by atoms with Gasteiger partial charge in [0, 0.05) is 18.4 Å². The Bertz CT molecular complexity index is 390. The van der Waals surface area contributed by atoms with Crippen molar-refractivity contribution in [2.45, 2.75) is 25.8 Å². The fourth-order valence-electron chi connectivity index (χ4n) is 2.67. The molecule has 0 radical (unpaired) electrons. The lowest BCUT2D eigenvalue weighted by Crippen LogP contribution is -3.10. The maximum Gasteiger partial charge on any atom is 0.161 e. The van der Waals surface area contributed by atoms with Crippen LogP contribution in [0.5, 0.6) is 11.5 Å². The Morgan fingerprint density at radius 3 is 2.88 bits per heavy atom. The molecule has 16 heavy (non-hydrogen) atoms. The predicted octanol–water partition coefficient (Wildman–Crippen LogP) is 0.923. The Labute approximate surface area is 96.6 Å². The van der Waals surface area contributed by atoms with Crippen LogP contribution >= 0.6 is 0 Å². The normalized spacial score (nSPS) is 23.9. The van der Waals surface area contributed by atoms with Gasteiger partial charge in [-0.15, -0.1) is 0 Å². The third-order valence-corrected chi connectivity index (χ3v) is 3.61. The maximum atomic E-state index is 9.76. The number of quaternary nitrogens is 1. The number of ether oxygens (including phenoxy) is 1. The monoisotopic (exact) mass is 222 g/mol. The highest BCUT2D eigenvalue weighted by atomic mass is 16.5. The molecule has 0 spiro atoms. The van der Waals surface area contributed by atoms with Crippen molar-refractivity contribution in [2.75, 3.05) is 20.7 Å². The fourth-order valence-corrected chi connectivity index (χ4v) is 2.67. The Morgan fingerprint density at radius 1 is 1.50 bits per heavy atom. The third-order valence-electron chi connectivity index (χ3n) is 3.61. The first-order chi connectivity index (χ1) is 7.67. The molecule has 2 rings (SSSR count). The number of rotatable bonds is 2. The van der Waals surface area contributed by atoms with Gasteiger partial charge < -0.3 is 14.7 Å². The van der Waals surface area contributed by atoms with Crippen molar-refractivity contribution in [1.29, 1.82) is 0 Å². The molecule has 0 saturated heterocycles. The second kappa shape index (κ2) is 4.34. The van der Waals surface area contributed by atoms with Crippen molar-refractivity contribution >= 4 is 0 Å². The summed E-state index contributed by atoms with van der Waals surface area (Å²) in [7, 11) is 3.83. The van der Waals surface area contributed by atoms with E-state index in [4.69, 9.17) is 4.74 Å². The lowest BCUT2D eigenvalue weighted by molar-refractivity contribution is -0.914. The maximum absolute atomic E-state index is 9.76. The van der Waals surface area contributed by atoms with Crippen LogP contribution in [0.25, 0.3) is 0 Å². The first-order valence-electron chi connectivity index (χ1n) is 5.89. The van der Waals surface area contributed by atoms with Gasteiger partial charge in [0.1, 0.15) is 6.04 Å². The number of nitrogens with one attached hydrogen (secondary N) is 1. The van der Waals surface area contributed by atoms with Crippen LogP contribution in [0.3, 0.4) is 0 Å². The van der Waals surface area contributed by atoms with Crippen molar-refractivity contribution in [3.8, 4) is 11.5 Å². The minimum absolute atomic E-state index is 0.260. The number of hydrogen-bond acceptors (Lipinski definition) is 2. The summed E-state index contributed by atoms with van der Waals surface area (Å²) in [6.45, 7) is 3.35. The van der Waals surface area contributed by atoms with Crippen LogP contribution < -0.4 is 9.64 Å². The van der Waals surface area contributed by atoms with E-state index < -0.39 is 0 Å². The molecule has 3 heteroatoms. The van der Waals surface area contributed by atoms with E-state index in [1.54, 1.807) is 12.0 Å². The number of aromatic hydroxyl groups is 1. The van der Waals surface area contributed by atoms with Crippen molar-refractivity contribution in [3.63, 3.8) is 0 Å². The van der Waals surface area contributed by atoms with Crippen LogP contribution in [0, 0.1) is 0 Å². The molecule has 1 aliphatic rings. The van der Waals surface area contributed by atoms with Crippen molar-refractivity contribution in [1.82, 2.24) is 0 Å². The zero-order valence-electron chi connectivity index (χ0n) is 10.2. The molecule has 0 aromatic heterocycles. The van der Waals surface area contributed by atoms with Gasteiger partial charge in [-0.25, -0.2) is 0 Å². The second-order valence-corrected chi connectivity index (χ2v) is 4.53. The van der Waals surface area contributed by atoms with E-state index in [9.17, 15) is 5.11 Å². The number of benzene rings is 1. The molecule has 1 aromatic carbocycles. The van der Waals surface area contributed by atoms with E-state index in [0.29, 0.717) is 11.8 Å². The lowest BCUT2D eigenvalue weighted by Gasteiger charge is -2.31. The number of fused-ring (bicyclic) bond motifs is 1. The summed E-state index contributed by atoms with van der Waals surface area (Å²) in [4.78, 5) is 1.54. The smallest absolute Gasteiger partial charge is 0.161 e. The summed E-state index contributed by atoms with van der Waals surface area (Å²) < 4.78 is 5.18. The number of methoxy groups -OCH3 is 1. The molecule has 0 saturated carbocycles. The highest BCUT2D eigenvalue weighted by Crippen LogP contribution is 2.33. The van der Waals surface area contributed by atoms with E-state index in [-0.39, 0.29) is 5.75 Å². The highest BCUT2D eigenvalue weighted by Gasteiger charge is 2.28. The Hall–Kier alpha value is -1.22. The molecule has 0 bridgehead atoms. The Kier molecular flexibility index (Phi) is 3.06. The molecule has 0 aliphatic carbocycles. The summed E-state index contributed by atoms with van der Waals surface area (Å²) in [6.07, 6.45) is 2.15. The van der Waals surface area contributed by atoms with E-state index in [2.05, 4.69) is 14.0 Å². The molecular weight excluding hydrogens is 202 g/mol. The molecule has 1 aliphatic heterocycles. The predicted molar refractivity (Wildman–Crippen MR) is 63.1 cm³/mol. The van der Waals surface area contributed by atoms with Gasteiger partial charge in [0.2, 0.25) is 0 Å². The van der Waals surface area contributed by atoms with Crippen LogP contribution in [0.2, 0.25) is 0 Å². The summed E-state index contributed by atoms with van der Waals surface area (Å²) in [6, 6.07) is 4.39. The van der Waals surface area contributed by atoms with Gasteiger partial charge in [0.15, 0.2) is 11.5 Å². The zero-order valence-corrected chi connectivity index (χ0v) is 10.2. The molecule has 2 N–H and O–H groups in total. The summed E-state index contributed by atoms with van der Waals surface area (Å²) >= 11 is 0. The molecule has 1 heterocycles. The largest absolute Gasteiger partial charge is 0.504 e. The third kappa shape index (κ3) is 1.76. The number of likely N-dealkylation sites (N-methyl/N-ethyl adjacent to an activating group) is 1. The quantitative estimate of drug-likeness (QED) is 0.780. The molecule has 88 valence electrons. The highest BCUT2D eigenvalue weighted by molar-refractivity contribution is 5.47. The minimum Gasteiger partial charge on any atom is -0.504 e. The van der Waals surface area contributed by atoms with Crippen LogP contribution in [0.1, 0.15) is 30.5 Å². The van der Waals surface area contributed by atoms with Gasteiger partial charge in [-0.3, -0.25) is 0 Å². The van der Waals surface area contributed by atoms with Gasteiger partial charge >= 0.3 is 0 Å². The van der Waals surface area contributed by atoms with Gasteiger partial charge in [-0.1, -0.05) is 6.92 Å². The first kappa shape index (κ1) is 11.3. The molecular formula is C13H20NO2+. The number of phenolic OH excluding ortho intramolecular Hbond substituents is 1. The van der Waals surface area contributed by atoms with Crippen molar-refractivity contribution < 1.29 is 14.7 Å². The Morgan fingerprint density at radius 2 is 2.25 bits per heavy atom. The molecule has 2 atom stereocenters. The van der Waals surface area contributed by atoms with Gasteiger partial charge in [0.25, 0.3) is 0 Å². The molecule has 0 fully saturated rings. The second-order valence-electron chi connectivity index (χ2n) is 4.53.